The van der Waals surface area contributed by atoms with E-state index in [9.17, 15) is 9.59 Å². The standard InChI is InChI=1S/C22H20N2O3/c1-16-10-12-17(13-11-16)22(26)24-19-7-5-6-18(14-19)23-21(25)15-27-20-8-3-2-4-9-20/h2-14H,15H2,1H3,(H,23,25)(H,24,26). The van der Waals surface area contributed by atoms with Crippen LogP contribution in [0.3, 0.4) is 0 Å². The number of benzene rings is 3. The van der Waals surface area contributed by atoms with E-state index in [-0.39, 0.29) is 18.4 Å². The topological polar surface area (TPSA) is 67.4 Å². The molecule has 0 bridgehead atoms. The Hall–Kier alpha value is -3.60. The molecule has 3 rings (SSSR count). The number of carbonyl (C=O) groups is 2. The molecule has 2 amide bonds. The van der Waals surface area contributed by atoms with Gasteiger partial charge >= 0.3 is 0 Å². The van der Waals surface area contributed by atoms with Gasteiger partial charge in [-0.3, -0.25) is 9.59 Å². The van der Waals surface area contributed by atoms with Gasteiger partial charge in [0.05, 0.1) is 0 Å². The van der Waals surface area contributed by atoms with Gasteiger partial charge in [0.1, 0.15) is 5.75 Å². The van der Waals surface area contributed by atoms with Crippen molar-refractivity contribution in [3.8, 4) is 5.75 Å². The fourth-order valence-corrected chi connectivity index (χ4v) is 2.45. The summed E-state index contributed by atoms with van der Waals surface area (Å²) in [5.41, 5.74) is 2.85. The summed E-state index contributed by atoms with van der Waals surface area (Å²) in [5.74, 6) is 0.151. The van der Waals surface area contributed by atoms with E-state index in [0.29, 0.717) is 22.7 Å². The lowest BCUT2D eigenvalue weighted by Crippen LogP contribution is -2.20. The maximum atomic E-state index is 12.3. The predicted octanol–water partition coefficient (Wildman–Crippen LogP) is 4.26. The molecule has 5 heteroatoms. The zero-order valence-electron chi connectivity index (χ0n) is 14.9. The smallest absolute Gasteiger partial charge is 0.262 e. The lowest BCUT2D eigenvalue weighted by atomic mass is 10.1. The van der Waals surface area contributed by atoms with Crippen LogP contribution in [0.5, 0.6) is 5.75 Å². The molecule has 0 unspecified atom stereocenters. The molecule has 3 aromatic rings. The highest BCUT2D eigenvalue weighted by Crippen LogP contribution is 2.17. The summed E-state index contributed by atoms with van der Waals surface area (Å²) >= 11 is 0. The monoisotopic (exact) mass is 360 g/mol. The minimum Gasteiger partial charge on any atom is -0.484 e. The number of para-hydroxylation sites is 1. The highest BCUT2D eigenvalue weighted by Gasteiger charge is 2.08. The van der Waals surface area contributed by atoms with Crippen molar-refractivity contribution >= 4 is 23.2 Å². The summed E-state index contributed by atoms with van der Waals surface area (Å²) in [5, 5.41) is 5.59. The van der Waals surface area contributed by atoms with Crippen molar-refractivity contribution in [2.24, 2.45) is 0 Å². The lowest BCUT2D eigenvalue weighted by Gasteiger charge is -2.10. The van der Waals surface area contributed by atoms with E-state index < -0.39 is 0 Å². The zero-order valence-corrected chi connectivity index (χ0v) is 14.9. The number of carbonyl (C=O) groups excluding carboxylic acids is 2. The van der Waals surface area contributed by atoms with Crippen LogP contribution >= 0.6 is 0 Å². The normalized spacial score (nSPS) is 10.1. The highest BCUT2D eigenvalue weighted by atomic mass is 16.5. The Morgan fingerprint density at radius 3 is 2.19 bits per heavy atom. The van der Waals surface area contributed by atoms with Gasteiger partial charge < -0.3 is 15.4 Å². The van der Waals surface area contributed by atoms with E-state index in [1.165, 1.54) is 0 Å². The van der Waals surface area contributed by atoms with Crippen LogP contribution in [0.2, 0.25) is 0 Å². The van der Waals surface area contributed by atoms with Crippen molar-refractivity contribution in [2.45, 2.75) is 6.92 Å². The first kappa shape index (κ1) is 18.2. The molecular weight excluding hydrogens is 340 g/mol. The number of ether oxygens (including phenoxy) is 1. The zero-order chi connectivity index (χ0) is 19.1. The summed E-state index contributed by atoms with van der Waals surface area (Å²) in [4.78, 5) is 24.3. The van der Waals surface area contributed by atoms with E-state index in [1.807, 2.05) is 37.3 Å². The third-order valence-electron chi connectivity index (χ3n) is 3.83. The Balaban J connectivity index is 1.57. The average molecular weight is 360 g/mol. The molecule has 0 atom stereocenters. The summed E-state index contributed by atoms with van der Waals surface area (Å²) < 4.78 is 5.42. The molecule has 0 aromatic heterocycles. The molecule has 0 aliphatic heterocycles. The Kier molecular flexibility index (Phi) is 5.84. The van der Waals surface area contributed by atoms with Crippen LogP contribution in [-0.2, 0) is 4.79 Å². The van der Waals surface area contributed by atoms with Gasteiger partial charge in [-0.25, -0.2) is 0 Å². The minimum absolute atomic E-state index is 0.0933. The molecule has 3 aromatic carbocycles. The summed E-state index contributed by atoms with van der Waals surface area (Å²) in [6, 6.07) is 23.4. The van der Waals surface area contributed by atoms with Gasteiger partial charge in [0.25, 0.3) is 11.8 Å². The second-order valence-electron chi connectivity index (χ2n) is 6.05. The summed E-state index contributed by atoms with van der Waals surface area (Å²) in [6.45, 7) is 1.87. The molecule has 27 heavy (non-hydrogen) atoms. The number of hydrogen-bond acceptors (Lipinski definition) is 3. The Bertz CT molecular complexity index is 922. The number of rotatable bonds is 6. The first-order chi connectivity index (χ1) is 13.1. The predicted molar refractivity (Wildman–Crippen MR) is 106 cm³/mol. The Morgan fingerprint density at radius 1 is 0.815 bits per heavy atom. The molecule has 0 heterocycles. The van der Waals surface area contributed by atoms with Crippen LogP contribution in [0.1, 0.15) is 15.9 Å². The SMILES string of the molecule is Cc1ccc(C(=O)Nc2cccc(NC(=O)COc3ccccc3)c2)cc1. The van der Waals surface area contributed by atoms with Crippen LogP contribution in [0.15, 0.2) is 78.9 Å². The van der Waals surface area contributed by atoms with E-state index in [4.69, 9.17) is 4.74 Å². The Labute approximate surface area is 158 Å². The highest BCUT2D eigenvalue weighted by molar-refractivity contribution is 6.04. The van der Waals surface area contributed by atoms with Crippen LogP contribution in [-0.4, -0.2) is 18.4 Å². The Morgan fingerprint density at radius 2 is 1.48 bits per heavy atom. The van der Waals surface area contributed by atoms with Gasteiger partial charge in [-0.05, 0) is 49.4 Å². The maximum absolute atomic E-state index is 12.3. The summed E-state index contributed by atoms with van der Waals surface area (Å²) in [6.07, 6.45) is 0. The van der Waals surface area contributed by atoms with Gasteiger partial charge in [0.15, 0.2) is 6.61 Å². The number of aryl methyl sites for hydroxylation is 1. The number of nitrogens with one attached hydrogen (secondary N) is 2. The molecule has 136 valence electrons. The third kappa shape index (κ3) is 5.44. The van der Waals surface area contributed by atoms with Crippen LogP contribution in [0.4, 0.5) is 11.4 Å². The van der Waals surface area contributed by atoms with E-state index in [2.05, 4.69) is 10.6 Å². The fraction of sp³-hybridized carbons (Fsp3) is 0.0909. The quantitative estimate of drug-likeness (QED) is 0.690. The van der Waals surface area contributed by atoms with Crippen molar-refractivity contribution in [1.29, 1.82) is 0 Å². The molecule has 0 fully saturated rings. The molecule has 5 nitrogen and oxygen atoms in total. The van der Waals surface area contributed by atoms with E-state index in [1.54, 1.807) is 48.5 Å². The first-order valence-corrected chi connectivity index (χ1v) is 8.56. The largest absolute Gasteiger partial charge is 0.484 e. The molecule has 0 radical (unpaired) electrons. The van der Waals surface area contributed by atoms with Gasteiger partial charge in [-0.15, -0.1) is 0 Å². The molecular formula is C22H20N2O3. The summed E-state index contributed by atoms with van der Waals surface area (Å²) in [7, 11) is 0. The van der Waals surface area contributed by atoms with Crippen LogP contribution in [0.25, 0.3) is 0 Å². The van der Waals surface area contributed by atoms with Crippen molar-refractivity contribution in [2.75, 3.05) is 17.2 Å². The van der Waals surface area contributed by atoms with Crippen LogP contribution < -0.4 is 15.4 Å². The third-order valence-corrected chi connectivity index (χ3v) is 3.83. The van der Waals surface area contributed by atoms with Crippen molar-refractivity contribution in [3.05, 3.63) is 90.0 Å². The van der Waals surface area contributed by atoms with Gasteiger partial charge in [-0.1, -0.05) is 42.0 Å². The molecule has 0 spiro atoms. The van der Waals surface area contributed by atoms with Crippen LogP contribution in [0, 0.1) is 6.92 Å². The second kappa shape index (κ2) is 8.67. The van der Waals surface area contributed by atoms with E-state index >= 15 is 0 Å². The van der Waals surface area contributed by atoms with E-state index in [0.717, 1.165) is 5.56 Å². The second-order valence-corrected chi connectivity index (χ2v) is 6.05. The number of amides is 2. The molecule has 0 aliphatic carbocycles. The average Bonchev–Trinajstić information content (AvgIpc) is 2.68. The molecule has 0 saturated heterocycles. The minimum atomic E-state index is -0.277. The van der Waals surface area contributed by atoms with Crippen molar-refractivity contribution < 1.29 is 14.3 Å². The molecule has 2 N–H and O–H groups in total. The molecule has 0 aliphatic rings. The van der Waals surface area contributed by atoms with Crippen molar-refractivity contribution in [3.63, 3.8) is 0 Å². The van der Waals surface area contributed by atoms with Crippen molar-refractivity contribution in [1.82, 2.24) is 0 Å². The maximum Gasteiger partial charge on any atom is 0.262 e. The number of anilines is 2. The van der Waals surface area contributed by atoms with Gasteiger partial charge in [0.2, 0.25) is 0 Å². The van der Waals surface area contributed by atoms with Gasteiger partial charge in [-0.2, -0.15) is 0 Å². The van der Waals surface area contributed by atoms with Gasteiger partial charge in [0, 0.05) is 16.9 Å². The lowest BCUT2D eigenvalue weighted by molar-refractivity contribution is -0.118. The molecule has 0 saturated carbocycles. The number of hydrogen-bond donors (Lipinski definition) is 2. The first-order valence-electron chi connectivity index (χ1n) is 8.56. The fourth-order valence-electron chi connectivity index (χ4n) is 2.45.